The van der Waals surface area contributed by atoms with Gasteiger partial charge in [-0.15, -0.1) is 10.2 Å². The number of anilines is 1. The van der Waals surface area contributed by atoms with E-state index in [1.807, 2.05) is 31.2 Å². The number of thioether (sulfide) groups is 1. The smallest absolute Gasteiger partial charge is 0.234 e. The molecule has 158 valence electrons. The summed E-state index contributed by atoms with van der Waals surface area (Å²) in [5.41, 5.74) is 1.35. The van der Waals surface area contributed by atoms with Gasteiger partial charge < -0.3 is 25.4 Å². The minimum atomic E-state index is -0.228. The Labute approximate surface area is 178 Å². The minimum absolute atomic E-state index is 0.105. The van der Waals surface area contributed by atoms with Crippen LogP contribution in [0.5, 0.6) is 17.2 Å². The van der Waals surface area contributed by atoms with E-state index in [1.54, 1.807) is 25.3 Å². The van der Waals surface area contributed by atoms with Crippen molar-refractivity contribution in [2.75, 3.05) is 37.7 Å². The molecule has 0 unspecified atom stereocenters. The molecule has 3 N–H and O–H groups in total. The number of nitrogens with zero attached hydrogens (tertiary/aromatic N) is 3. The van der Waals surface area contributed by atoms with E-state index >= 15 is 0 Å². The Kier molecular flexibility index (Phi) is 7.02. The summed E-state index contributed by atoms with van der Waals surface area (Å²) in [5, 5.41) is 11.4. The Morgan fingerprint density at radius 3 is 2.50 bits per heavy atom. The van der Waals surface area contributed by atoms with Gasteiger partial charge in [-0.3, -0.25) is 4.79 Å². The second-order valence-corrected chi connectivity index (χ2v) is 6.98. The average Bonchev–Trinajstić information content (AvgIpc) is 3.13. The summed E-state index contributed by atoms with van der Waals surface area (Å²) in [6.07, 6.45) is 0. The number of carbonyl (C=O) groups excluding carboxylic acids is 1. The van der Waals surface area contributed by atoms with Gasteiger partial charge in [-0.1, -0.05) is 11.8 Å². The number of nitrogens with one attached hydrogen (secondary N) is 1. The van der Waals surface area contributed by atoms with Crippen molar-refractivity contribution >= 4 is 23.4 Å². The SMILES string of the molecule is CCOc1ccc(-c2nnc(SCC(=O)Nc3ccc(OC)cc3OC)n2N)cc1. The molecule has 0 saturated heterocycles. The van der Waals surface area contributed by atoms with Crippen molar-refractivity contribution in [3.05, 3.63) is 42.5 Å². The van der Waals surface area contributed by atoms with Crippen LogP contribution in [0.1, 0.15) is 6.92 Å². The molecular weight excluding hydrogens is 406 g/mol. The summed E-state index contributed by atoms with van der Waals surface area (Å²) in [5.74, 6) is 8.41. The molecule has 0 spiro atoms. The van der Waals surface area contributed by atoms with Crippen molar-refractivity contribution in [1.29, 1.82) is 0 Å². The van der Waals surface area contributed by atoms with Gasteiger partial charge in [0.2, 0.25) is 11.1 Å². The molecule has 0 bridgehead atoms. The van der Waals surface area contributed by atoms with Crippen molar-refractivity contribution in [3.8, 4) is 28.6 Å². The number of aromatic nitrogens is 3. The normalized spacial score (nSPS) is 10.5. The van der Waals surface area contributed by atoms with Gasteiger partial charge in [0.1, 0.15) is 17.2 Å². The monoisotopic (exact) mass is 429 g/mol. The first-order chi connectivity index (χ1) is 14.5. The second kappa shape index (κ2) is 9.88. The lowest BCUT2D eigenvalue weighted by Crippen LogP contribution is -2.17. The highest BCUT2D eigenvalue weighted by Crippen LogP contribution is 2.29. The fourth-order valence-corrected chi connectivity index (χ4v) is 3.31. The standard InChI is InChI=1S/C20H23N5O4S/c1-4-29-14-7-5-13(6-8-14)19-23-24-20(25(19)21)30-12-18(26)22-16-10-9-15(27-2)11-17(16)28-3/h5-11H,4,12,21H2,1-3H3,(H,22,26). The van der Waals surface area contributed by atoms with Crippen molar-refractivity contribution in [2.45, 2.75) is 12.1 Å². The maximum atomic E-state index is 12.4. The van der Waals surface area contributed by atoms with Crippen LogP contribution in [0.15, 0.2) is 47.6 Å². The van der Waals surface area contributed by atoms with Crippen molar-refractivity contribution in [2.24, 2.45) is 0 Å². The highest BCUT2D eigenvalue weighted by atomic mass is 32.2. The molecule has 3 rings (SSSR count). The fraction of sp³-hybridized carbons (Fsp3) is 0.250. The van der Waals surface area contributed by atoms with Crippen LogP contribution in [0.25, 0.3) is 11.4 Å². The van der Waals surface area contributed by atoms with Crippen molar-refractivity contribution in [1.82, 2.24) is 14.9 Å². The number of nitrogen functional groups attached to an aromatic ring is 1. The zero-order chi connectivity index (χ0) is 21.5. The van der Waals surface area contributed by atoms with Crippen LogP contribution in [-0.4, -0.2) is 47.4 Å². The van der Waals surface area contributed by atoms with Gasteiger partial charge in [-0.25, -0.2) is 4.68 Å². The largest absolute Gasteiger partial charge is 0.497 e. The molecule has 1 aromatic heterocycles. The molecule has 0 atom stereocenters. The van der Waals surface area contributed by atoms with E-state index < -0.39 is 0 Å². The van der Waals surface area contributed by atoms with Crippen LogP contribution in [-0.2, 0) is 4.79 Å². The van der Waals surface area contributed by atoms with Gasteiger partial charge in [-0.05, 0) is 43.3 Å². The average molecular weight is 430 g/mol. The number of rotatable bonds is 9. The molecular formula is C20H23N5O4S. The lowest BCUT2D eigenvalue weighted by atomic mass is 10.2. The summed E-state index contributed by atoms with van der Waals surface area (Å²) in [7, 11) is 3.09. The minimum Gasteiger partial charge on any atom is -0.497 e. The molecule has 0 radical (unpaired) electrons. The predicted octanol–water partition coefficient (Wildman–Crippen LogP) is 2.81. The van der Waals surface area contributed by atoms with Crippen LogP contribution in [0.2, 0.25) is 0 Å². The summed E-state index contributed by atoms with van der Waals surface area (Å²) in [4.78, 5) is 12.4. The quantitative estimate of drug-likeness (QED) is 0.394. The van der Waals surface area contributed by atoms with E-state index in [-0.39, 0.29) is 11.7 Å². The van der Waals surface area contributed by atoms with Gasteiger partial charge in [0.05, 0.1) is 32.3 Å². The van der Waals surface area contributed by atoms with Gasteiger partial charge in [0.15, 0.2) is 5.82 Å². The van der Waals surface area contributed by atoms with E-state index in [4.69, 9.17) is 20.1 Å². The number of benzene rings is 2. The Morgan fingerprint density at radius 1 is 1.10 bits per heavy atom. The van der Waals surface area contributed by atoms with Crippen LogP contribution in [0.4, 0.5) is 5.69 Å². The molecule has 0 aliphatic rings. The van der Waals surface area contributed by atoms with Crippen LogP contribution >= 0.6 is 11.8 Å². The van der Waals surface area contributed by atoms with Gasteiger partial charge in [0.25, 0.3) is 0 Å². The first-order valence-electron chi connectivity index (χ1n) is 9.14. The maximum absolute atomic E-state index is 12.4. The van der Waals surface area contributed by atoms with Crippen LogP contribution in [0.3, 0.4) is 0 Å². The second-order valence-electron chi connectivity index (χ2n) is 6.04. The Morgan fingerprint density at radius 2 is 1.83 bits per heavy atom. The summed E-state index contributed by atoms with van der Waals surface area (Å²) < 4.78 is 17.2. The molecule has 1 heterocycles. The van der Waals surface area contributed by atoms with E-state index in [0.717, 1.165) is 11.3 Å². The molecule has 10 heteroatoms. The van der Waals surface area contributed by atoms with Crippen molar-refractivity contribution in [3.63, 3.8) is 0 Å². The fourth-order valence-electron chi connectivity index (χ4n) is 2.66. The summed E-state index contributed by atoms with van der Waals surface area (Å²) >= 11 is 1.18. The maximum Gasteiger partial charge on any atom is 0.234 e. The Bertz CT molecular complexity index is 1010. The van der Waals surface area contributed by atoms with Gasteiger partial charge >= 0.3 is 0 Å². The molecule has 3 aromatic rings. The van der Waals surface area contributed by atoms with Crippen molar-refractivity contribution < 1.29 is 19.0 Å². The van der Waals surface area contributed by atoms with Gasteiger partial charge in [0, 0.05) is 11.6 Å². The number of ether oxygens (including phenoxy) is 3. The third-order valence-electron chi connectivity index (χ3n) is 4.10. The van der Waals surface area contributed by atoms with E-state index in [2.05, 4.69) is 15.5 Å². The third kappa shape index (κ3) is 4.95. The number of hydrogen-bond donors (Lipinski definition) is 2. The first kappa shape index (κ1) is 21.3. The van der Waals surface area contributed by atoms with E-state index in [9.17, 15) is 4.79 Å². The van der Waals surface area contributed by atoms with Crippen LogP contribution in [0, 0.1) is 0 Å². The molecule has 0 aliphatic heterocycles. The number of nitrogens with two attached hydrogens (primary N) is 1. The topological polar surface area (TPSA) is 114 Å². The summed E-state index contributed by atoms with van der Waals surface area (Å²) in [6.45, 7) is 2.52. The lowest BCUT2D eigenvalue weighted by molar-refractivity contribution is -0.113. The molecule has 1 amide bonds. The predicted molar refractivity (Wildman–Crippen MR) is 116 cm³/mol. The molecule has 30 heavy (non-hydrogen) atoms. The number of hydrogen-bond acceptors (Lipinski definition) is 8. The molecule has 0 aliphatic carbocycles. The third-order valence-corrected chi connectivity index (χ3v) is 5.05. The molecule has 0 saturated carbocycles. The van der Waals surface area contributed by atoms with Gasteiger partial charge in [-0.2, -0.15) is 0 Å². The highest BCUT2D eigenvalue weighted by Gasteiger charge is 2.15. The Balaban J connectivity index is 1.63. The first-order valence-corrected chi connectivity index (χ1v) is 10.1. The zero-order valence-corrected chi connectivity index (χ0v) is 17.7. The van der Waals surface area contributed by atoms with E-state index in [0.29, 0.717) is 34.8 Å². The highest BCUT2D eigenvalue weighted by molar-refractivity contribution is 7.99. The zero-order valence-electron chi connectivity index (χ0n) is 16.9. The number of methoxy groups -OCH3 is 2. The molecule has 0 fully saturated rings. The molecule has 2 aromatic carbocycles. The van der Waals surface area contributed by atoms with Crippen LogP contribution < -0.4 is 25.4 Å². The summed E-state index contributed by atoms with van der Waals surface area (Å²) in [6, 6.07) is 12.6. The number of amides is 1. The van der Waals surface area contributed by atoms with E-state index in [1.165, 1.54) is 23.5 Å². The number of carbonyl (C=O) groups is 1. The molecule has 9 nitrogen and oxygen atoms in total. The lowest BCUT2D eigenvalue weighted by Gasteiger charge is -2.11. The Hall–Kier alpha value is -3.40.